The molecule has 2 aromatic carbocycles. The second-order valence-corrected chi connectivity index (χ2v) is 5.82. The number of nitrogens with two attached hydrogens (primary N) is 1. The highest BCUT2D eigenvalue weighted by atomic mass is 16.5. The van der Waals surface area contributed by atoms with Crippen LogP contribution < -0.4 is 10.5 Å². The molecule has 0 saturated carbocycles. The largest absolute Gasteiger partial charge is 0.493 e. The van der Waals surface area contributed by atoms with Crippen LogP contribution in [0.3, 0.4) is 0 Å². The van der Waals surface area contributed by atoms with Gasteiger partial charge in [0.05, 0.1) is 18.0 Å². The zero-order valence-electron chi connectivity index (χ0n) is 14.2. The number of aromatic nitrogens is 2. The molecular weight excluding hydrogens is 298 g/mol. The molecule has 0 radical (unpaired) electrons. The molecule has 0 aliphatic heterocycles. The number of hydrogen-bond donors (Lipinski definition) is 1. The minimum atomic E-state index is 0.454. The number of para-hydroxylation sites is 1. The molecule has 0 aliphatic rings. The van der Waals surface area contributed by atoms with Crippen LogP contribution in [0.4, 0.5) is 0 Å². The van der Waals surface area contributed by atoms with E-state index in [4.69, 9.17) is 15.6 Å². The number of rotatable bonds is 6. The first-order valence-electron chi connectivity index (χ1n) is 8.30. The minimum Gasteiger partial charge on any atom is -0.493 e. The lowest BCUT2D eigenvalue weighted by Gasteiger charge is -2.09. The van der Waals surface area contributed by atoms with E-state index in [1.807, 2.05) is 47.3 Å². The molecule has 1 aromatic heterocycles. The number of nitrogens with zero attached hydrogens (tertiary/aromatic N) is 2. The van der Waals surface area contributed by atoms with Crippen molar-refractivity contribution in [3.8, 4) is 22.7 Å². The maximum Gasteiger partial charge on any atom is 0.122 e. The van der Waals surface area contributed by atoms with Gasteiger partial charge < -0.3 is 10.5 Å². The van der Waals surface area contributed by atoms with Crippen molar-refractivity contribution in [1.29, 1.82) is 0 Å². The first-order chi connectivity index (χ1) is 11.7. The van der Waals surface area contributed by atoms with Crippen molar-refractivity contribution in [1.82, 2.24) is 9.78 Å². The molecule has 0 fully saturated rings. The Labute approximate surface area is 142 Å². The Morgan fingerprint density at radius 3 is 2.58 bits per heavy atom. The third-order valence-electron chi connectivity index (χ3n) is 3.94. The van der Waals surface area contributed by atoms with E-state index in [1.54, 1.807) is 0 Å². The van der Waals surface area contributed by atoms with Gasteiger partial charge in [0.1, 0.15) is 5.75 Å². The number of benzene rings is 2. The smallest absolute Gasteiger partial charge is 0.122 e. The van der Waals surface area contributed by atoms with Crippen LogP contribution in [0.1, 0.15) is 24.5 Å². The maximum absolute atomic E-state index is 5.94. The van der Waals surface area contributed by atoms with Crippen molar-refractivity contribution in [2.75, 3.05) is 6.61 Å². The van der Waals surface area contributed by atoms with E-state index in [0.717, 1.165) is 46.8 Å². The Kier molecular flexibility index (Phi) is 4.96. The molecule has 0 saturated heterocycles. The van der Waals surface area contributed by atoms with Gasteiger partial charge in [0.2, 0.25) is 0 Å². The summed E-state index contributed by atoms with van der Waals surface area (Å²) in [5, 5.41) is 4.75. The molecule has 3 aromatic rings. The molecule has 0 unspecified atom stereocenters. The van der Waals surface area contributed by atoms with Gasteiger partial charge in [0.25, 0.3) is 0 Å². The quantitative estimate of drug-likeness (QED) is 0.744. The Bertz CT molecular complexity index is 809. The van der Waals surface area contributed by atoms with Gasteiger partial charge in [-0.25, -0.2) is 4.68 Å². The third-order valence-corrected chi connectivity index (χ3v) is 3.94. The molecule has 0 spiro atoms. The summed E-state index contributed by atoms with van der Waals surface area (Å²) < 4.78 is 7.64. The van der Waals surface area contributed by atoms with Gasteiger partial charge in [-0.2, -0.15) is 5.10 Å². The standard InChI is InChI=1S/C20H23N3O/c1-3-11-24-19-10-9-16(12-15(19)2)20-17(13-21)14-23(22-20)18-7-5-4-6-8-18/h4-10,12,14H,3,11,13,21H2,1-2H3. The molecule has 2 N–H and O–H groups in total. The predicted molar refractivity (Wildman–Crippen MR) is 97.4 cm³/mol. The summed E-state index contributed by atoms with van der Waals surface area (Å²) >= 11 is 0. The average Bonchev–Trinajstić information content (AvgIpc) is 3.06. The van der Waals surface area contributed by atoms with E-state index in [1.165, 1.54) is 0 Å². The van der Waals surface area contributed by atoms with Crippen molar-refractivity contribution in [3.63, 3.8) is 0 Å². The van der Waals surface area contributed by atoms with Crippen LogP contribution in [-0.4, -0.2) is 16.4 Å². The van der Waals surface area contributed by atoms with Gasteiger partial charge in [-0.05, 0) is 49.2 Å². The SMILES string of the molecule is CCCOc1ccc(-c2nn(-c3ccccc3)cc2CN)cc1C. The molecule has 0 atom stereocenters. The molecule has 0 aliphatic carbocycles. The van der Waals surface area contributed by atoms with E-state index < -0.39 is 0 Å². The summed E-state index contributed by atoms with van der Waals surface area (Å²) in [5.74, 6) is 0.928. The van der Waals surface area contributed by atoms with Gasteiger partial charge in [-0.3, -0.25) is 0 Å². The lowest BCUT2D eigenvalue weighted by atomic mass is 10.1. The Hall–Kier alpha value is -2.59. The van der Waals surface area contributed by atoms with Crippen LogP contribution in [0.2, 0.25) is 0 Å². The van der Waals surface area contributed by atoms with Gasteiger partial charge in [0.15, 0.2) is 0 Å². The molecule has 4 nitrogen and oxygen atoms in total. The van der Waals surface area contributed by atoms with Crippen LogP contribution in [0.25, 0.3) is 16.9 Å². The van der Waals surface area contributed by atoms with E-state index in [9.17, 15) is 0 Å². The van der Waals surface area contributed by atoms with Crippen LogP contribution in [-0.2, 0) is 6.54 Å². The van der Waals surface area contributed by atoms with Crippen LogP contribution in [0.5, 0.6) is 5.75 Å². The minimum absolute atomic E-state index is 0.454. The zero-order chi connectivity index (χ0) is 16.9. The van der Waals surface area contributed by atoms with Crippen molar-refractivity contribution >= 4 is 0 Å². The molecule has 1 heterocycles. The fourth-order valence-electron chi connectivity index (χ4n) is 2.69. The maximum atomic E-state index is 5.94. The number of aryl methyl sites for hydroxylation is 1. The third kappa shape index (κ3) is 3.34. The lowest BCUT2D eigenvalue weighted by molar-refractivity contribution is 0.315. The van der Waals surface area contributed by atoms with Crippen molar-refractivity contribution in [2.45, 2.75) is 26.8 Å². The second kappa shape index (κ2) is 7.32. The molecule has 0 bridgehead atoms. The van der Waals surface area contributed by atoms with Gasteiger partial charge in [0, 0.05) is 23.9 Å². The van der Waals surface area contributed by atoms with Crippen molar-refractivity contribution in [3.05, 3.63) is 65.9 Å². The Balaban J connectivity index is 1.97. The monoisotopic (exact) mass is 321 g/mol. The number of hydrogen-bond acceptors (Lipinski definition) is 3. The summed E-state index contributed by atoms with van der Waals surface area (Å²) in [6.07, 6.45) is 3.00. The van der Waals surface area contributed by atoms with Crippen molar-refractivity contribution < 1.29 is 4.74 Å². The highest BCUT2D eigenvalue weighted by Gasteiger charge is 2.12. The van der Waals surface area contributed by atoms with E-state index in [0.29, 0.717) is 6.54 Å². The summed E-state index contributed by atoms with van der Waals surface area (Å²) in [7, 11) is 0. The summed E-state index contributed by atoms with van der Waals surface area (Å²) in [6, 6.07) is 16.2. The molecule has 4 heteroatoms. The van der Waals surface area contributed by atoms with E-state index in [-0.39, 0.29) is 0 Å². The van der Waals surface area contributed by atoms with Crippen molar-refractivity contribution in [2.24, 2.45) is 5.73 Å². The summed E-state index contributed by atoms with van der Waals surface area (Å²) in [6.45, 7) is 5.35. The number of ether oxygens (including phenoxy) is 1. The topological polar surface area (TPSA) is 53.1 Å². The first kappa shape index (κ1) is 16.3. The van der Waals surface area contributed by atoms with Crippen LogP contribution in [0.15, 0.2) is 54.7 Å². The van der Waals surface area contributed by atoms with E-state index in [2.05, 4.69) is 26.0 Å². The Morgan fingerprint density at radius 1 is 1.12 bits per heavy atom. The fraction of sp³-hybridized carbons (Fsp3) is 0.250. The molecule has 124 valence electrons. The molecule has 24 heavy (non-hydrogen) atoms. The predicted octanol–water partition coefficient (Wildman–Crippen LogP) is 4.10. The zero-order valence-corrected chi connectivity index (χ0v) is 14.2. The van der Waals surface area contributed by atoms with Gasteiger partial charge >= 0.3 is 0 Å². The van der Waals surface area contributed by atoms with Crippen LogP contribution >= 0.6 is 0 Å². The summed E-state index contributed by atoms with van der Waals surface area (Å²) in [4.78, 5) is 0. The van der Waals surface area contributed by atoms with Gasteiger partial charge in [-0.1, -0.05) is 25.1 Å². The van der Waals surface area contributed by atoms with Crippen LogP contribution in [0, 0.1) is 6.92 Å². The first-order valence-corrected chi connectivity index (χ1v) is 8.30. The fourth-order valence-corrected chi connectivity index (χ4v) is 2.69. The lowest BCUT2D eigenvalue weighted by Crippen LogP contribution is -1.99. The molecular formula is C20H23N3O. The molecule has 0 amide bonds. The highest BCUT2D eigenvalue weighted by molar-refractivity contribution is 5.65. The van der Waals surface area contributed by atoms with E-state index >= 15 is 0 Å². The Morgan fingerprint density at radius 2 is 1.92 bits per heavy atom. The highest BCUT2D eigenvalue weighted by Crippen LogP contribution is 2.28. The van der Waals surface area contributed by atoms with Gasteiger partial charge in [-0.15, -0.1) is 0 Å². The normalized spacial score (nSPS) is 10.8. The summed E-state index contributed by atoms with van der Waals surface area (Å²) in [5.41, 5.74) is 11.1. The second-order valence-electron chi connectivity index (χ2n) is 5.82. The molecule has 3 rings (SSSR count). The average molecular weight is 321 g/mol.